The van der Waals surface area contributed by atoms with Crippen molar-refractivity contribution in [3.63, 3.8) is 0 Å². The molecule has 0 heterocycles. The highest BCUT2D eigenvalue weighted by Crippen LogP contribution is 2.32. The molecule has 0 aromatic heterocycles. The molecule has 0 amide bonds. The van der Waals surface area contributed by atoms with E-state index in [2.05, 4.69) is 18.8 Å². The van der Waals surface area contributed by atoms with Gasteiger partial charge in [0.1, 0.15) is 6.29 Å². The third-order valence-corrected chi connectivity index (χ3v) is 6.17. The summed E-state index contributed by atoms with van der Waals surface area (Å²) in [6, 6.07) is 5.28. The van der Waals surface area contributed by atoms with Crippen LogP contribution in [0.2, 0.25) is 0 Å². The molecular formula is C26H41NO6. The van der Waals surface area contributed by atoms with E-state index >= 15 is 0 Å². The van der Waals surface area contributed by atoms with Crippen LogP contribution in [0.5, 0.6) is 11.5 Å². The minimum absolute atomic E-state index is 0.112. The largest absolute Gasteiger partial charge is 0.493 e. The predicted octanol–water partition coefficient (Wildman–Crippen LogP) is 4.24. The lowest BCUT2D eigenvalue weighted by Gasteiger charge is -2.28. The monoisotopic (exact) mass is 463 g/mol. The zero-order valence-corrected chi connectivity index (χ0v) is 21.0. The number of carbonyl (C=O) groups is 1. The number of methoxy groups -OCH3 is 2. The maximum absolute atomic E-state index is 11.4. The molecule has 1 rings (SSSR count). The van der Waals surface area contributed by atoms with Crippen molar-refractivity contribution in [1.82, 2.24) is 0 Å². The van der Waals surface area contributed by atoms with Gasteiger partial charge in [-0.05, 0) is 54.7 Å². The molecule has 1 aromatic carbocycles. The molecule has 7 nitrogen and oxygen atoms in total. The SMILES string of the molecule is COCCCOc1cc(C[C@@H](C[C@H](N=C=O)[C@@H](O)C[C@H](C=O)C(C)C)C(C)C)ccc1OC. The van der Waals surface area contributed by atoms with Crippen molar-refractivity contribution < 1.29 is 28.9 Å². The van der Waals surface area contributed by atoms with Crippen LogP contribution in [0.1, 0.15) is 52.5 Å². The lowest BCUT2D eigenvalue weighted by Crippen LogP contribution is -2.32. The second kappa shape index (κ2) is 15.6. The summed E-state index contributed by atoms with van der Waals surface area (Å²) < 4.78 is 16.4. The number of aliphatic imine (C=N–C) groups is 1. The number of hydrogen-bond donors (Lipinski definition) is 1. The van der Waals surface area contributed by atoms with Gasteiger partial charge in [-0.2, -0.15) is 4.99 Å². The third kappa shape index (κ3) is 10.1. The Balaban J connectivity index is 2.98. The molecule has 0 spiro atoms. The molecule has 0 unspecified atom stereocenters. The number of aldehydes is 1. The first kappa shape index (κ1) is 28.8. The molecule has 0 aliphatic carbocycles. The van der Waals surface area contributed by atoms with Gasteiger partial charge in [0.2, 0.25) is 6.08 Å². The Hall–Kier alpha value is -2.21. The molecule has 0 fully saturated rings. The van der Waals surface area contributed by atoms with Gasteiger partial charge >= 0.3 is 0 Å². The summed E-state index contributed by atoms with van der Waals surface area (Å²) in [7, 11) is 3.27. The normalized spacial score (nSPS) is 14.9. The zero-order valence-electron chi connectivity index (χ0n) is 21.0. The van der Waals surface area contributed by atoms with Gasteiger partial charge in [-0.3, -0.25) is 0 Å². The first-order valence-electron chi connectivity index (χ1n) is 11.8. The molecule has 0 saturated carbocycles. The molecule has 1 aromatic rings. The fourth-order valence-electron chi connectivity index (χ4n) is 3.83. The summed E-state index contributed by atoms with van der Waals surface area (Å²) >= 11 is 0. The number of rotatable bonds is 17. The second-order valence-corrected chi connectivity index (χ2v) is 9.26. The van der Waals surface area contributed by atoms with Crippen LogP contribution in [-0.2, 0) is 20.7 Å². The first-order chi connectivity index (χ1) is 15.8. The van der Waals surface area contributed by atoms with Crippen molar-refractivity contribution in [1.29, 1.82) is 0 Å². The molecule has 0 aliphatic rings. The predicted molar refractivity (Wildman–Crippen MR) is 129 cm³/mol. The molecule has 0 radical (unpaired) electrons. The summed E-state index contributed by atoms with van der Waals surface area (Å²) in [5, 5.41) is 10.8. The fraction of sp³-hybridized carbons (Fsp3) is 0.692. The molecular weight excluding hydrogens is 422 g/mol. The standard InChI is InChI=1S/C26H41NO6/c1-18(2)21(14-23(27-17-29)24(30)15-22(16-28)19(3)4)12-20-8-9-25(32-6)26(13-20)33-11-7-10-31-5/h8-9,13,16,18-19,21-24,30H,7,10-12,14-15H2,1-6H3/t21-,22+,23-,24-/m0/s1. The summed E-state index contributed by atoms with van der Waals surface area (Å²) in [5.41, 5.74) is 1.08. The van der Waals surface area contributed by atoms with Crippen LogP contribution in [0.3, 0.4) is 0 Å². The van der Waals surface area contributed by atoms with E-state index in [1.54, 1.807) is 20.3 Å². The number of hydrogen-bond acceptors (Lipinski definition) is 7. The Morgan fingerprint density at radius 1 is 1.06 bits per heavy atom. The van der Waals surface area contributed by atoms with Crippen molar-refractivity contribution >= 4 is 12.4 Å². The van der Waals surface area contributed by atoms with Crippen molar-refractivity contribution in [2.24, 2.45) is 28.7 Å². The molecule has 0 saturated heterocycles. The highest BCUT2D eigenvalue weighted by atomic mass is 16.5. The first-order valence-corrected chi connectivity index (χ1v) is 11.8. The van der Waals surface area contributed by atoms with Crippen LogP contribution in [-0.4, -0.2) is 57.1 Å². The maximum Gasteiger partial charge on any atom is 0.235 e. The topological polar surface area (TPSA) is 94.4 Å². The van der Waals surface area contributed by atoms with Gasteiger partial charge in [0, 0.05) is 26.1 Å². The number of ether oxygens (including phenoxy) is 3. The summed E-state index contributed by atoms with van der Waals surface area (Å²) in [6.45, 7) is 9.27. The van der Waals surface area contributed by atoms with Crippen molar-refractivity contribution in [2.45, 2.75) is 65.5 Å². The Labute approximate surface area is 198 Å². The highest BCUT2D eigenvalue weighted by Gasteiger charge is 2.28. The average Bonchev–Trinajstić information content (AvgIpc) is 2.79. The summed E-state index contributed by atoms with van der Waals surface area (Å²) in [6.07, 6.45) is 3.93. The van der Waals surface area contributed by atoms with Crippen LogP contribution in [0.15, 0.2) is 23.2 Å². The van der Waals surface area contributed by atoms with Crippen LogP contribution >= 0.6 is 0 Å². The molecule has 4 atom stereocenters. The summed E-state index contributed by atoms with van der Waals surface area (Å²) in [4.78, 5) is 26.4. The minimum Gasteiger partial charge on any atom is -0.493 e. The Morgan fingerprint density at radius 2 is 1.79 bits per heavy atom. The van der Waals surface area contributed by atoms with Gasteiger partial charge in [0.05, 0.1) is 25.9 Å². The maximum atomic E-state index is 11.4. The van der Waals surface area contributed by atoms with E-state index in [-0.39, 0.29) is 24.2 Å². The van der Waals surface area contributed by atoms with Crippen molar-refractivity contribution in [3.05, 3.63) is 23.8 Å². The van der Waals surface area contributed by atoms with Crippen molar-refractivity contribution in [3.8, 4) is 11.5 Å². The smallest absolute Gasteiger partial charge is 0.235 e. The van der Waals surface area contributed by atoms with E-state index in [0.29, 0.717) is 37.1 Å². The Bertz CT molecular complexity index is 744. The van der Waals surface area contributed by atoms with Gasteiger partial charge in [-0.1, -0.05) is 33.8 Å². The quantitative estimate of drug-likeness (QED) is 0.161. The van der Waals surface area contributed by atoms with Gasteiger partial charge < -0.3 is 24.1 Å². The Morgan fingerprint density at radius 3 is 2.33 bits per heavy atom. The van der Waals surface area contributed by atoms with Crippen LogP contribution in [0.4, 0.5) is 0 Å². The van der Waals surface area contributed by atoms with Crippen molar-refractivity contribution in [2.75, 3.05) is 27.4 Å². The highest BCUT2D eigenvalue weighted by molar-refractivity contribution is 5.54. The second-order valence-electron chi connectivity index (χ2n) is 9.26. The van der Waals surface area contributed by atoms with Gasteiger partial charge in [-0.15, -0.1) is 0 Å². The molecule has 7 heteroatoms. The van der Waals surface area contributed by atoms with E-state index in [9.17, 15) is 14.7 Å². The molecule has 0 aliphatic heterocycles. The van der Waals surface area contributed by atoms with Crippen LogP contribution < -0.4 is 9.47 Å². The number of isocyanates is 1. The Kier molecular flexibility index (Phi) is 13.6. The number of nitrogens with zero attached hydrogens (tertiary/aromatic N) is 1. The minimum atomic E-state index is -0.874. The average molecular weight is 464 g/mol. The van der Waals surface area contributed by atoms with Crippen LogP contribution in [0, 0.1) is 23.7 Å². The van der Waals surface area contributed by atoms with E-state index in [1.807, 2.05) is 32.0 Å². The van der Waals surface area contributed by atoms with Gasteiger partial charge in [-0.25, -0.2) is 4.79 Å². The van der Waals surface area contributed by atoms with E-state index in [4.69, 9.17) is 14.2 Å². The van der Waals surface area contributed by atoms with E-state index in [0.717, 1.165) is 24.7 Å². The van der Waals surface area contributed by atoms with Crippen LogP contribution in [0.25, 0.3) is 0 Å². The van der Waals surface area contributed by atoms with E-state index in [1.165, 1.54) is 0 Å². The lowest BCUT2D eigenvalue weighted by molar-refractivity contribution is -0.113. The van der Waals surface area contributed by atoms with Gasteiger partial charge in [0.15, 0.2) is 11.5 Å². The molecule has 186 valence electrons. The molecule has 33 heavy (non-hydrogen) atoms. The fourth-order valence-corrected chi connectivity index (χ4v) is 3.83. The number of aliphatic hydroxyl groups excluding tert-OH is 1. The zero-order chi connectivity index (χ0) is 24.8. The van der Waals surface area contributed by atoms with Gasteiger partial charge in [0.25, 0.3) is 0 Å². The summed E-state index contributed by atoms with van der Waals surface area (Å²) in [5.74, 6) is 1.64. The number of benzene rings is 1. The van der Waals surface area contributed by atoms with E-state index < -0.39 is 12.1 Å². The number of carbonyl (C=O) groups excluding carboxylic acids is 2. The third-order valence-electron chi connectivity index (χ3n) is 6.17. The molecule has 1 N–H and O–H groups in total. The lowest BCUT2D eigenvalue weighted by atomic mass is 9.81. The molecule has 0 bridgehead atoms. The number of aliphatic hydroxyl groups is 1.